The molecule has 1 unspecified atom stereocenters. The Kier molecular flexibility index (Phi) is 7.30. The number of likely N-dealkylation sites (tertiary alicyclic amines) is 1. The molecule has 0 bridgehead atoms. The number of allylic oxidation sites excluding steroid dienone is 2. The molecule has 132 valence electrons. The highest BCUT2D eigenvalue weighted by Crippen LogP contribution is 2.29. The Morgan fingerprint density at radius 3 is 2.79 bits per heavy atom. The lowest BCUT2D eigenvalue weighted by atomic mass is 10.0. The van der Waals surface area contributed by atoms with Crippen molar-refractivity contribution >= 4 is 11.3 Å². The number of hydrogen-bond acceptors (Lipinski definition) is 5. The van der Waals surface area contributed by atoms with Gasteiger partial charge in [-0.05, 0) is 19.8 Å². The molecule has 0 aromatic carbocycles. The minimum Gasteiger partial charge on any atom is -0.373 e. The second kappa shape index (κ2) is 9.22. The van der Waals surface area contributed by atoms with Gasteiger partial charge in [0.2, 0.25) is 0 Å². The summed E-state index contributed by atoms with van der Waals surface area (Å²) < 4.78 is 19.1. The smallest absolute Gasteiger partial charge is 0.121 e. The normalized spacial score (nSPS) is 18.5. The van der Waals surface area contributed by atoms with Crippen molar-refractivity contribution in [3.05, 3.63) is 52.8 Å². The first-order valence-corrected chi connectivity index (χ1v) is 9.06. The quantitative estimate of drug-likeness (QED) is 0.728. The number of nitrogens with two attached hydrogens (primary N) is 1. The van der Waals surface area contributed by atoms with Crippen LogP contribution in [0.3, 0.4) is 0 Å². The zero-order valence-electron chi connectivity index (χ0n) is 14.2. The molecule has 0 spiro atoms. The van der Waals surface area contributed by atoms with Crippen LogP contribution in [0.4, 0.5) is 4.39 Å². The molecule has 1 aliphatic heterocycles. The number of halogens is 1. The van der Waals surface area contributed by atoms with Crippen molar-refractivity contribution in [2.24, 2.45) is 5.73 Å². The predicted molar refractivity (Wildman–Crippen MR) is 97.7 cm³/mol. The molecule has 4 nitrogen and oxygen atoms in total. The van der Waals surface area contributed by atoms with E-state index in [0.29, 0.717) is 12.1 Å². The Balaban J connectivity index is 1.87. The van der Waals surface area contributed by atoms with Gasteiger partial charge in [0, 0.05) is 30.1 Å². The van der Waals surface area contributed by atoms with E-state index in [1.165, 1.54) is 4.88 Å². The fourth-order valence-corrected chi connectivity index (χ4v) is 3.92. The number of hydrogen-bond donors (Lipinski definition) is 1. The Labute approximate surface area is 147 Å². The number of thiazole rings is 1. The summed E-state index contributed by atoms with van der Waals surface area (Å²) in [6, 6.07) is 0.222. The Bertz CT molecular complexity index is 591. The van der Waals surface area contributed by atoms with Crippen molar-refractivity contribution in [3.8, 4) is 0 Å². The largest absolute Gasteiger partial charge is 0.373 e. The van der Waals surface area contributed by atoms with E-state index in [-0.39, 0.29) is 18.8 Å². The second-order valence-corrected chi connectivity index (χ2v) is 6.82. The van der Waals surface area contributed by atoms with Crippen LogP contribution in [0.25, 0.3) is 0 Å². The van der Waals surface area contributed by atoms with Crippen LogP contribution in [0.15, 0.2) is 42.2 Å². The van der Waals surface area contributed by atoms with E-state index in [4.69, 9.17) is 10.5 Å². The van der Waals surface area contributed by atoms with E-state index in [1.54, 1.807) is 23.5 Å². The number of aryl methyl sites for hydroxylation is 1. The summed E-state index contributed by atoms with van der Waals surface area (Å²) in [4.78, 5) is 7.98. The molecule has 0 amide bonds. The van der Waals surface area contributed by atoms with Crippen molar-refractivity contribution < 1.29 is 9.13 Å². The molecule has 0 saturated carbocycles. The van der Waals surface area contributed by atoms with E-state index in [2.05, 4.69) is 23.0 Å². The van der Waals surface area contributed by atoms with Crippen molar-refractivity contribution in [2.45, 2.75) is 31.9 Å². The van der Waals surface area contributed by atoms with E-state index in [9.17, 15) is 4.39 Å². The SMILES string of the molecule is C=C/C=C(/COC1CCN(C(CN)c2scnc2C)CC1)C(=C)F. The minimum absolute atomic E-state index is 0.134. The van der Waals surface area contributed by atoms with Crippen LogP contribution in [0.5, 0.6) is 0 Å². The lowest BCUT2D eigenvalue weighted by Crippen LogP contribution is -2.42. The van der Waals surface area contributed by atoms with Crippen LogP contribution < -0.4 is 5.73 Å². The summed E-state index contributed by atoms with van der Waals surface area (Å²) in [7, 11) is 0. The fraction of sp³-hybridized carbons (Fsp3) is 0.500. The van der Waals surface area contributed by atoms with Gasteiger partial charge in [0.05, 0.1) is 30.0 Å². The standard InChI is InChI=1S/C18H26FN3OS/c1-4-5-15(13(2)19)11-23-16-6-8-22(9-7-16)17(10-20)18-14(3)21-12-24-18/h4-5,12,16-17H,1-2,6-11,20H2,3H3/b15-5-. The van der Waals surface area contributed by atoms with Gasteiger partial charge in [-0.2, -0.15) is 0 Å². The monoisotopic (exact) mass is 351 g/mol. The van der Waals surface area contributed by atoms with Crippen LogP contribution >= 0.6 is 11.3 Å². The highest BCUT2D eigenvalue weighted by molar-refractivity contribution is 7.09. The molecule has 1 aliphatic rings. The van der Waals surface area contributed by atoms with E-state index in [1.807, 2.05) is 12.4 Å². The van der Waals surface area contributed by atoms with Gasteiger partial charge in [0.25, 0.3) is 0 Å². The van der Waals surface area contributed by atoms with Crippen LogP contribution in [0.1, 0.15) is 29.5 Å². The molecule has 2 rings (SSSR count). The predicted octanol–water partition coefficient (Wildman–Crippen LogP) is 3.53. The van der Waals surface area contributed by atoms with Gasteiger partial charge in [-0.1, -0.05) is 25.3 Å². The summed E-state index contributed by atoms with van der Waals surface area (Å²) >= 11 is 1.67. The number of rotatable bonds is 8. The third kappa shape index (κ3) is 4.83. The van der Waals surface area contributed by atoms with Gasteiger partial charge in [-0.15, -0.1) is 11.3 Å². The molecule has 1 saturated heterocycles. The maximum atomic E-state index is 13.3. The van der Waals surface area contributed by atoms with E-state index < -0.39 is 5.83 Å². The summed E-state index contributed by atoms with van der Waals surface area (Å²) in [6.45, 7) is 11.6. The molecule has 0 aliphatic carbocycles. The van der Waals surface area contributed by atoms with Crippen molar-refractivity contribution in [1.29, 1.82) is 0 Å². The van der Waals surface area contributed by atoms with Gasteiger partial charge in [0.1, 0.15) is 5.83 Å². The van der Waals surface area contributed by atoms with Gasteiger partial charge >= 0.3 is 0 Å². The minimum atomic E-state index is -0.462. The first-order chi connectivity index (χ1) is 11.6. The van der Waals surface area contributed by atoms with E-state index in [0.717, 1.165) is 31.6 Å². The van der Waals surface area contributed by atoms with Gasteiger partial charge in [0.15, 0.2) is 0 Å². The van der Waals surface area contributed by atoms with Gasteiger partial charge in [-0.25, -0.2) is 9.37 Å². The molecule has 0 radical (unpaired) electrons. The van der Waals surface area contributed by atoms with Crippen LogP contribution in [0, 0.1) is 6.92 Å². The van der Waals surface area contributed by atoms with Crippen LogP contribution in [0.2, 0.25) is 0 Å². The van der Waals surface area contributed by atoms with Crippen molar-refractivity contribution in [2.75, 3.05) is 26.2 Å². The van der Waals surface area contributed by atoms with Crippen molar-refractivity contribution in [1.82, 2.24) is 9.88 Å². The van der Waals surface area contributed by atoms with Gasteiger partial charge in [-0.3, -0.25) is 4.90 Å². The lowest BCUT2D eigenvalue weighted by molar-refractivity contribution is 0.00902. The Morgan fingerprint density at radius 2 is 2.29 bits per heavy atom. The average molecular weight is 351 g/mol. The number of ether oxygens (including phenoxy) is 1. The zero-order valence-corrected chi connectivity index (χ0v) is 15.0. The number of aromatic nitrogens is 1. The molecule has 24 heavy (non-hydrogen) atoms. The number of piperidine rings is 1. The van der Waals surface area contributed by atoms with Crippen LogP contribution in [-0.4, -0.2) is 42.2 Å². The molecule has 6 heteroatoms. The first kappa shape index (κ1) is 19.0. The third-order valence-electron chi connectivity index (χ3n) is 4.37. The molecule has 1 aromatic rings. The summed E-state index contributed by atoms with van der Waals surface area (Å²) in [5, 5.41) is 0. The summed E-state index contributed by atoms with van der Waals surface area (Å²) in [5.41, 5.74) is 9.39. The maximum Gasteiger partial charge on any atom is 0.121 e. The molecule has 2 N–H and O–H groups in total. The average Bonchev–Trinajstić information content (AvgIpc) is 2.99. The van der Waals surface area contributed by atoms with Crippen LogP contribution in [-0.2, 0) is 4.74 Å². The molecule has 1 fully saturated rings. The van der Waals surface area contributed by atoms with Crippen molar-refractivity contribution in [3.63, 3.8) is 0 Å². The topological polar surface area (TPSA) is 51.4 Å². The number of nitrogens with zero attached hydrogens (tertiary/aromatic N) is 2. The lowest BCUT2D eigenvalue weighted by Gasteiger charge is -2.36. The molecule has 1 aromatic heterocycles. The first-order valence-electron chi connectivity index (χ1n) is 8.18. The second-order valence-electron chi connectivity index (χ2n) is 5.93. The zero-order chi connectivity index (χ0) is 17.5. The molecule has 2 heterocycles. The Hall–Kier alpha value is -1.34. The summed E-state index contributed by atoms with van der Waals surface area (Å²) in [5.74, 6) is -0.462. The highest BCUT2D eigenvalue weighted by atomic mass is 32.1. The summed E-state index contributed by atoms with van der Waals surface area (Å²) in [6.07, 6.45) is 5.11. The fourth-order valence-electron chi connectivity index (χ4n) is 2.97. The molecule has 1 atom stereocenters. The molecular weight excluding hydrogens is 325 g/mol. The Morgan fingerprint density at radius 1 is 1.58 bits per heavy atom. The van der Waals surface area contributed by atoms with Gasteiger partial charge < -0.3 is 10.5 Å². The third-order valence-corrected chi connectivity index (χ3v) is 5.40. The maximum absolute atomic E-state index is 13.3. The van der Waals surface area contributed by atoms with E-state index >= 15 is 0 Å². The highest BCUT2D eigenvalue weighted by Gasteiger charge is 2.27. The molecular formula is C18H26FN3OS.